The van der Waals surface area contributed by atoms with E-state index in [9.17, 15) is 0 Å². The average Bonchev–Trinajstić information content (AvgIpc) is 1.83. The Bertz CT molecular complexity index is 39.3. The fourth-order valence-electron chi connectivity index (χ4n) is 0.604. The Hall–Kier alpha value is 0. The molecule has 0 aromatic rings. The summed E-state index contributed by atoms with van der Waals surface area (Å²) in [4.78, 5) is 0. The average molecular weight is 112 g/mol. The Morgan fingerprint density at radius 2 is 2.12 bits per heavy atom. The molecule has 0 saturated carbocycles. The first-order valence-electron chi connectivity index (χ1n) is 3.41. The maximum Gasteiger partial charge on any atom is -0.0275 e. The van der Waals surface area contributed by atoms with Crippen LogP contribution in [0.15, 0.2) is 0 Å². The minimum Gasteiger partial charge on any atom is -0.0648 e. The lowest BCUT2D eigenvalue weighted by Gasteiger charge is -2.03. The Kier molecular flexibility index (Phi) is 5.14. The zero-order valence-corrected chi connectivity index (χ0v) is 6.04. The van der Waals surface area contributed by atoms with Gasteiger partial charge in [0.05, 0.1) is 0 Å². The first-order valence-corrected chi connectivity index (χ1v) is 3.41. The van der Waals surface area contributed by atoms with Gasteiger partial charge in [0.15, 0.2) is 0 Å². The molecule has 0 N–H and O–H groups in total. The molecule has 0 aromatic carbocycles. The molecule has 0 amide bonds. The second kappa shape index (κ2) is 5.14. The molecule has 0 aromatic heterocycles. The van der Waals surface area contributed by atoms with Crippen molar-refractivity contribution in [1.82, 2.24) is 0 Å². The largest absolute Gasteiger partial charge is 0.0648 e. The van der Waals surface area contributed by atoms with Crippen LogP contribution in [0.25, 0.3) is 0 Å². The molecule has 0 aliphatic carbocycles. The summed E-state index contributed by atoms with van der Waals surface area (Å²) in [5.41, 5.74) is 0. The van der Waals surface area contributed by atoms with Gasteiger partial charge in [-0.25, -0.2) is 0 Å². The first-order chi connectivity index (χ1) is 3.81. The van der Waals surface area contributed by atoms with Crippen molar-refractivity contribution in [3.8, 4) is 0 Å². The lowest BCUT2D eigenvalue weighted by molar-refractivity contribution is 0.713. The van der Waals surface area contributed by atoms with Crippen LogP contribution >= 0.6 is 0 Å². The highest BCUT2D eigenvalue weighted by Crippen LogP contribution is 2.12. The number of rotatable bonds is 4. The van der Waals surface area contributed by atoms with E-state index in [0.717, 1.165) is 6.42 Å². The molecule has 2 radical (unpaired) electrons. The third kappa shape index (κ3) is 4.17. The summed E-state index contributed by atoms with van der Waals surface area (Å²) >= 11 is 0. The zero-order valence-electron chi connectivity index (χ0n) is 6.04. The van der Waals surface area contributed by atoms with Gasteiger partial charge in [0.25, 0.3) is 0 Å². The molecule has 0 rings (SSSR count). The first kappa shape index (κ1) is 8.00. The molecular formula is C8H16. The predicted molar refractivity (Wildman–Crippen MR) is 38.4 cm³/mol. The van der Waals surface area contributed by atoms with Gasteiger partial charge in [-0.05, 0) is 12.3 Å². The summed E-state index contributed by atoms with van der Waals surface area (Å²) in [6.07, 6.45) is 4.86. The second-order valence-electron chi connectivity index (χ2n) is 2.27. The van der Waals surface area contributed by atoms with Gasteiger partial charge in [-0.15, -0.1) is 0 Å². The van der Waals surface area contributed by atoms with Crippen LogP contribution < -0.4 is 0 Å². The van der Waals surface area contributed by atoms with E-state index in [-0.39, 0.29) is 0 Å². The van der Waals surface area contributed by atoms with E-state index in [2.05, 4.69) is 20.8 Å². The van der Waals surface area contributed by atoms with Crippen LogP contribution in [0.2, 0.25) is 0 Å². The number of hydrogen-bond donors (Lipinski definition) is 0. The second-order valence-corrected chi connectivity index (χ2v) is 2.27. The standard InChI is InChI=1S/C8H16/c1-4-6-7-8(3)5-2/h1,4-7H2,2-3H3. The van der Waals surface area contributed by atoms with E-state index < -0.39 is 0 Å². The fraction of sp³-hybridized carbons (Fsp3) is 0.750. The molecule has 48 valence electrons. The molecule has 0 aliphatic heterocycles. The van der Waals surface area contributed by atoms with Crippen LogP contribution in [0.1, 0.15) is 39.5 Å². The molecule has 0 aliphatic rings. The van der Waals surface area contributed by atoms with E-state index >= 15 is 0 Å². The summed E-state index contributed by atoms with van der Waals surface area (Å²) < 4.78 is 0. The van der Waals surface area contributed by atoms with Crippen molar-refractivity contribution in [2.45, 2.75) is 39.5 Å². The van der Waals surface area contributed by atoms with Gasteiger partial charge >= 0.3 is 0 Å². The lowest BCUT2D eigenvalue weighted by Crippen LogP contribution is -1.87. The maximum atomic E-state index is 3.78. The minimum atomic E-state index is 1.08. The van der Waals surface area contributed by atoms with Gasteiger partial charge in [-0.3, -0.25) is 0 Å². The van der Waals surface area contributed by atoms with E-state index in [0.29, 0.717) is 0 Å². The van der Waals surface area contributed by atoms with Gasteiger partial charge in [0.2, 0.25) is 0 Å². The van der Waals surface area contributed by atoms with E-state index in [4.69, 9.17) is 0 Å². The summed E-state index contributed by atoms with van der Waals surface area (Å²) in [5, 5.41) is 0. The van der Waals surface area contributed by atoms with Crippen molar-refractivity contribution in [3.05, 3.63) is 12.8 Å². The molecule has 0 spiro atoms. The smallest absolute Gasteiger partial charge is 0.0275 e. The molecular weight excluding hydrogens is 96.1 g/mol. The van der Waals surface area contributed by atoms with Gasteiger partial charge in [-0.2, -0.15) is 0 Å². The third-order valence-corrected chi connectivity index (χ3v) is 1.46. The third-order valence-electron chi connectivity index (χ3n) is 1.46. The minimum absolute atomic E-state index is 1.08. The Morgan fingerprint density at radius 1 is 1.50 bits per heavy atom. The highest BCUT2D eigenvalue weighted by atomic mass is 14.0. The van der Waals surface area contributed by atoms with E-state index in [1.165, 1.54) is 19.3 Å². The topological polar surface area (TPSA) is 0 Å². The van der Waals surface area contributed by atoms with Gasteiger partial charge in [-0.1, -0.05) is 40.0 Å². The molecule has 0 nitrogen and oxygen atoms in total. The molecule has 0 heterocycles. The molecule has 8 heavy (non-hydrogen) atoms. The van der Waals surface area contributed by atoms with Crippen molar-refractivity contribution >= 4 is 0 Å². The Labute approximate surface area is 53.3 Å². The SMILES string of the molecule is [CH2]CCC[C](C)CC. The van der Waals surface area contributed by atoms with Crippen LogP contribution in [0.5, 0.6) is 0 Å². The summed E-state index contributed by atoms with van der Waals surface area (Å²) in [7, 11) is 0. The van der Waals surface area contributed by atoms with Crippen molar-refractivity contribution in [2.24, 2.45) is 0 Å². The van der Waals surface area contributed by atoms with Crippen molar-refractivity contribution in [2.75, 3.05) is 0 Å². The van der Waals surface area contributed by atoms with Crippen LogP contribution in [-0.2, 0) is 0 Å². The quantitative estimate of drug-likeness (QED) is 0.524. The van der Waals surface area contributed by atoms with E-state index in [1.54, 1.807) is 5.92 Å². The summed E-state index contributed by atoms with van der Waals surface area (Å²) in [6, 6.07) is 0. The van der Waals surface area contributed by atoms with Crippen LogP contribution in [-0.4, -0.2) is 0 Å². The van der Waals surface area contributed by atoms with Crippen LogP contribution in [0, 0.1) is 12.8 Å². The Balaban J connectivity index is 2.86. The highest BCUT2D eigenvalue weighted by Gasteiger charge is 1.95. The normalized spacial score (nSPS) is 10.5. The molecule has 0 fully saturated rings. The number of unbranched alkanes of at least 4 members (excludes halogenated alkanes) is 1. The molecule has 0 heteroatoms. The van der Waals surface area contributed by atoms with Crippen LogP contribution in [0.3, 0.4) is 0 Å². The van der Waals surface area contributed by atoms with Gasteiger partial charge in [0.1, 0.15) is 0 Å². The van der Waals surface area contributed by atoms with Crippen molar-refractivity contribution < 1.29 is 0 Å². The molecule has 0 unspecified atom stereocenters. The summed E-state index contributed by atoms with van der Waals surface area (Å²) in [6.45, 7) is 8.20. The fourth-order valence-corrected chi connectivity index (χ4v) is 0.604. The van der Waals surface area contributed by atoms with E-state index in [1.807, 2.05) is 0 Å². The highest BCUT2D eigenvalue weighted by molar-refractivity contribution is 4.80. The molecule has 0 saturated heterocycles. The predicted octanol–water partition coefficient (Wildman–Crippen LogP) is 3.00. The van der Waals surface area contributed by atoms with Crippen molar-refractivity contribution in [1.29, 1.82) is 0 Å². The summed E-state index contributed by atoms with van der Waals surface area (Å²) in [5.74, 6) is 1.61. The molecule has 0 atom stereocenters. The van der Waals surface area contributed by atoms with Gasteiger partial charge < -0.3 is 0 Å². The number of hydrogen-bond acceptors (Lipinski definition) is 0. The molecule has 0 bridgehead atoms. The van der Waals surface area contributed by atoms with Crippen LogP contribution in [0.4, 0.5) is 0 Å². The zero-order chi connectivity index (χ0) is 6.41. The lowest BCUT2D eigenvalue weighted by atomic mass is 10.0. The van der Waals surface area contributed by atoms with Crippen molar-refractivity contribution in [3.63, 3.8) is 0 Å². The maximum absolute atomic E-state index is 3.78. The monoisotopic (exact) mass is 112 g/mol. The Morgan fingerprint density at radius 3 is 2.50 bits per heavy atom. The van der Waals surface area contributed by atoms with Gasteiger partial charge in [0, 0.05) is 0 Å².